The first-order valence-corrected chi connectivity index (χ1v) is 9.21. The summed E-state index contributed by atoms with van der Waals surface area (Å²) in [7, 11) is 0. The van der Waals surface area contributed by atoms with Gasteiger partial charge in [-0.25, -0.2) is 0 Å². The third-order valence-corrected chi connectivity index (χ3v) is 5.45. The summed E-state index contributed by atoms with van der Waals surface area (Å²) in [6.07, 6.45) is 16.5. The molecule has 2 saturated heterocycles. The van der Waals surface area contributed by atoms with Gasteiger partial charge in [-0.05, 0) is 44.4 Å². The Bertz CT molecular complexity index is 438. The first-order chi connectivity index (χ1) is 10.8. The van der Waals surface area contributed by atoms with Crippen LogP contribution in [0.15, 0.2) is 24.5 Å². The molecule has 0 aliphatic carbocycles. The second-order valence-electron chi connectivity index (χ2n) is 7.11. The van der Waals surface area contributed by atoms with Crippen molar-refractivity contribution >= 4 is 5.78 Å². The number of aryl methyl sites for hydroxylation is 1. The van der Waals surface area contributed by atoms with Crippen LogP contribution < -0.4 is 0 Å². The van der Waals surface area contributed by atoms with Crippen molar-refractivity contribution in [2.75, 3.05) is 6.54 Å². The lowest BCUT2D eigenvalue weighted by Gasteiger charge is -2.33. The van der Waals surface area contributed by atoms with E-state index >= 15 is 0 Å². The summed E-state index contributed by atoms with van der Waals surface area (Å²) in [5.41, 5.74) is 0. The lowest BCUT2D eigenvalue weighted by Crippen LogP contribution is -2.43. The minimum Gasteiger partial charge on any atom is -0.354 e. The molecule has 3 heteroatoms. The molecule has 2 bridgehead atoms. The highest BCUT2D eigenvalue weighted by Crippen LogP contribution is 2.34. The molecular formula is C19H30N2O. The van der Waals surface area contributed by atoms with Crippen LogP contribution in [0.2, 0.25) is 0 Å². The Balaban J connectivity index is 1.20. The van der Waals surface area contributed by atoms with Crippen molar-refractivity contribution in [3.8, 4) is 0 Å². The summed E-state index contributed by atoms with van der Waals surface area (Å²) in [4.78, 5) is 14.2. The van der Waals surface area contributed by atoms with Gasteiger partial charge in [-0.15, -0.1) is 0 Å². The molecule has 3 heterocycles. The highest BCUT2D eigenvalue weighted by Gasteiger charge is 2.39. The lowest BCUT2D eigenvalue weighted by molar-refractivity contribution is -0.123. The Morgan fingerprint density at radius 3 is 2.00 bits per heavy atom. The number of hydrogen-bond donors (Lipinski definition) is 0. The lowest BCUT2D eigenvalue weighted by atomic mass is 10.0. The van der Waals surface area contributed by atoms with Gasteiger partial charge in [0.25, 0.3) is 0 Å². The van der Waals surface area contributed by atoms with Gasteiger partial charge in [-0.2, -0.15) is 0 Å². The van der Waals surface area contributed by atoms with Gasteiger partial charge < -0.3 is 4.57 Å². The van der Waals surface area contributed by atoms with Gasteiger partial charge in [0.1, 0.15) is 5.78 Å². The average molecular weight is 302 g/mol. The molecule has 0 N–H and O–H groups in total. The summed E-state index contributed by atoms with van der Waals surface area (Å²) in [5, 5.41) is 0. The van der Waals surface area contributed by atoms with Crippen LogP contribution in [0.3, 0.4) is 0 Å². The zero-order chi connectivity index (χ0) is 15.2. The number of nitrogens with zero attached hydrogens (tertiary/aromatic N) is 2. The van der Waals surface area contributed by atoms with Crippen molar-refractivity contribution in [1.82, 2.24) is 9.47 Å². The first-order valence-electron chi connectivity index (χ1n) is 9.21. The summed E-state index contributed by atoms with van der Waals surface area (Å²) >= 11 is 0. The molecule has 2 fully saturated rings. The van der Waals surface area contributed by atoms with E-state index < -0.39 is 0 Å². The molecule has 2 aliphatic rings. The number of carbonyl (C=O) groups excluding carboxylic acids is 1. The number of piperidine rings is 1. The van der Waals surface area contributed by atoms with Crippen LogP contribution >= 0.6 is 0 Å². The quantitative estimate of drug-likeness (QED) is 0.644. The number of hydrogen-bond acceptors (Lipinski definition) is 2. The van der Waals surface area contributed by atoms with E-state index in [2.05, 4.69) is 34.0 Å². The standard InChI is InChI=1S/C19H30N2O/c22-19-15-17-9-10-18(16-19)21(17)14-6-4-2-1-3-5-11-20-12-7-8-13-20/h7-8,12-13,17-18H,1-6,9-11,14-16H2. The van der Waals surface area contributed by atoms with Gasteiger partial charge in [0.05, 0.1) is 0 Å². The third kappa shape index (κ3) is 4.22. The summed E-state index contributed by atoms with van der Waals surface area (Å²) in [5.74, 6) is 0.506. The van der Waals surface area contributed by atoms with E-state index in [-0.39, 0.29) is 0 Å². The van der Waals surface area contributed by atoms with Gasteiger partial charge in [0.15, 0.2) is 0 Å². The smallest absolute Gasteiger partial charge is 0.136 e. The summed E-state index contributed by atoms with van der Waals surface area (Å²) in [6, 6.07) is 5.38. The first kappa shape index (κ1) is 15.8. The molecule has 22 heavy (non-hydrogen) atoms. The summed E-state index contributed by atoms with van der Waals surface area (Å²) < 4.78 is 2.27. The van der Waals surface area contributed by atoms with Crippen LogP contribution in [-0.2, 0) is 11.3 Å². The fourth-order valence-electron chi connectivity index (χ4n) is 4.24. The third-order valence-electron chi connectivity index (χ3n) is 5.45. The van der Waals surface area contributed by atoms with Crippen LogP contribution in [0.1, 0.15) is 64.2 Å². The van der Waals surface area contributed by atoms with Crippen LogP contribution in [0.4, 0.5) is 0 Å². The number of fused-ring (bicyclic) bond motifs is 2. The van der Waals surface area contributed by atoms with Gasteiger partial charge >= 0.3 is 0 Å². The normalized spacial score (nSPS) is 25.0. The Labute approximate surface area is 134 Å². The molecule has 0 amide bonds. The van der Waals surface area contributed by atoms with E-state index in [1.165, 1.54) is 57.9 Å². The van der Waals surface area contributed by atoms with Crippen molar-refractivity contribution in [3.63, 3.8) is 0 Å². The SMILES string of the molecule is O=C1CC2CCC(C1)N2CCCCCCCCn1cccc1. The van der Waals surface area contributed by atoms with E-state index in [1.807, 2.05) is 0 Å². The van der Waals surface area contributed by atoms with E-state index in [4.69, 9.17) is 0 Å². The highest BCUT2D eigenvalue weighted by molar-refractivity contribution is 5.80. The molecule has 3 rings (SSSR count). The molecule has 0 aromatic carbocycles. The Morgan fingerprint density at radius 2 is 1.36 bits per heavy atom. The number of unbranched alkanes of at least 4 members (excludes halogenated alkanes) is 5. The summed E-state index contributed by atoms with van der Waals surface area (Å²) in [6.45, 7) is 2.39. The van der Waals surface area contributed by atoms with Crippen LogP contribution in [0.5, 0.6) is 0 Å². The predicted molar refractivity (Wildman–Crippen MR) is 89.9 cm³/mol. The zero-order valence-electron chi connectivity index (χ0n) is 13.8. The second kappa shape index (κ2) is 7.96. The maximum atomic E-state index is 11.6. The maximum absolute atomic E-state index is 11.6. The van der Waals surface area contributed by atoms with Crippen LogP contribution in [0, 0.1) is 0 Å². The largest absolute Gasteiger partial charge is 0.354 e. The van der Waals surface area contributed by atoms with Gasteiger partial charge in [0.2, 0.25) is 0 Å². The molecule has 2 unspecified atom stereocenters. The Hall–Kier alpha value is -1.09. The van der Waals surface area contributed by atoms with E-state index in [9.17, 15) is 4.79 Å². The van der Waals surface area contributed by atoms with Crippen molar-refractivity contribution in [1.29, 1.82) is 0 Å². The van der Waals surface area contributed by atoms with Crippen molar-refractivity contribution in [2.45, 2.75) is 82.8 Å². The second-order valence-corrected chi connectivity index (χ2v) is 7.11. The molecule has 0 radical (unpaired) electrons. The van der Waals surface area contributed by atoms with Crippen molar-refractivity contribution in [2.24, 2.45) is 0 Å². The molecule has 0 saturated carbocycles. The van der Waals surface area contributed by atoms with E-state index in [0.29, 0.717) is 17.9 Å². The molecule has 0 spiro atoms. The highest BCUT2D eigenvalue weighted by atomic mass is 16.1. The zero-order valence-corrected chi connectivity index (χ0v) is 13.8. The minimum atomic E-state index is 0.506. The van der Waals surface area contributed by atoms with Gasteiger partial charge in [0, 0.05) is 43.9 Å². The molecule has 2 atom stereocenters. The average Bonchev–Trinajstić information content (AvgIpc) is 3.09. The fourth-order valence-corrected chi connectivity index (χ4v) is 4.24. The molecule has 122 valence electrons. The van der Waals surface area contributed by atoms with Crippen LogP contribution in [-0.4, -0.2) is 33.9 Å². The Morgan fingerprint density at radius 1 is 0.818 bits per heavy atom. The van der Waals surface area contributed by atoms with Crippen molar-refractivity contribution in [3.05, 3.63) is 24.5 Å². The van der Waals surface area contributed by atoms with Gasteiger partial charge in [-0.3, -0.25) is 9.69 Å². The Kier molecular flexibility index (Phi) is 5.71. The monoisotopic (exact) mass is 302 g/mol. The van der Waals surface area contributed by atoms with Crippen molar-refractivity contribution < 1.29 is 4.79 Å². The molecule has 1 aromatic rings. The molecular weight excluding hydrogens is 272 g/mol. The number of aromatic nitrogens is 1. The number of rotatable bonds is 9. The number of ketones is 1. The molecule has 2 aliphatic heterocycles. The molecule has 1 aromatic heterocycles. The molecule has 3 nitrogen and oxygen atoms in total. The van der Waals surface area contributed by atoms with Crippen LogP contribution in [0.25, 0.3) is 0 Å². The maximum Gasteiger partial charge on any atom is 0.136 e. The van der Waals surface area contributed by atoms with Gasteiger partial charge in [-0.1, -0.05) is 25.7 Å². The fraction of sp³-hybridized carbons (Fsp3) is 0.737. The topological polar surface area (TPSA) is 25.2 Å². The predicted octanol–water partition coefficient (Wildman–Crippen LogP) is 4.02. The minimum absolute atomic E-state index is 0.506. The van der Waals surface area contributed by atoms with E-state index in [0.717, 1.165) is 19.4 Å². The number of carbonyl (C=O) groups is 1. The van der Waals surface area contributed by atoms with E-state index in [1.54, 1.807) is 0 Å². The number of Topliss-reactive ketones (excluding diaryl/α,β-unsaturated/α-hetero) is 1.